The predicted octanol–water partition coefficient (Wildman–Crippen LogP) is 3.30. The first kappa shape index (κ1) is 14.6. The molecule has 1 aromatic rings. The summed E-state index contributed by atoms with van der Waals surface area (Å²) in [6.45, 7) is 3.38. The molecule has 108 valence electrons. The van der Waals surface area contributed by atoms with Gasteiger partial charge in [0.2, 0.25) is 0 Å². The van der Waals surface area contributed by atoms with Crippen LogP contribution in [0.25, 0.3) is 0 Å². The summed E-state index contributed by atoms with van der Waals surface area (Å²) in [6.07, 6.45) is 15.1. The molecule has 3 nitrogen and oxygen atoms in total. The minimum Gasteiger partial charge on any atom is -0.314 e. The van der Waals surface area contributed by atoms with Crippen LogP contribution in [0.5, 0.6) is 0 Å². The lowest BCUT2D eigenvalue weighted by molar-refractivity contribution is 0.402. The standard InChI is InChI=1S/C16H29N3/c1-3-10-17-16(9-8-14-6-4-5-7-14)11-15-12-18-19(2)13-15/h12-14,16-17H,3-11H2,1-2H3. The molecular weight excluding hydrogens is 234 g/mol. The molecule has 0 radical (unpaired) electrons. The number of nitrogens with zero attached hydrogens (tertiary/aromatic N) is 2. The lowest BCUT2D eigenvalue weighted by Gasteiger charge is -2.19. The van der Waals surface area contributed by atoms with Gasteiger partial charge in [0.25, 0.3) is 0 Å². The van der Waals surface area contributed by atoms with E-state index in [1.165, 1.54) is 50.5 Å². The third-order valence-corrected chi connectivity index (χ3v) is 4.32. The first-order valence-electron chi connectivity index (χ1n) is 7.99. The van der Waals surface area contributed by atoms with Crippen LogP contribution in [0, 0.1) is 5.92 Å². The van der Waals surface area contributed by atoms with Gasteiger partial charge in [-0.05, 0) is 43.7 Å². The van der Waals surface area contributed by atoms with Crippen LogP contribution in [0.15, 0.2) is 12.4 Å². The minimum atomic E-state index is 0.629. The third-order valence-electron chi connectivity index (χ3n) is 4.32. The smallest absolute Gasteiger partial charge is 0.0522 e. The molecular formula is C16H29N3. The monoisotopic (exact) mass is 263 g/mol. The van der Waals surface area contributed by atoms with E-state index in [1.54, 1.807) is 0 Å². The first-order chi connectivity index (χ1) is 9.28. The maximum absolute atomic E-state index is 4.28. The molecule has 1 atom stereocenters. The Balaban J connectivity index is 1.79. The van der Waals surface area contributed by atoms with Crippen molar-refractivity contribution in [1.29, 1.82) is 0 Å². The Bertz CT molecular complexity index is 353. The van der Waals surface area contributed by atoms with E-state index in [-0.39, 0.29) is 0 Å². The van der Waals surface area contributed by atoms with Crippen LogP contribution in [-0.4, -0.2) is 22.4 Å². The number of hydrogen-bond acceptors (Lipinski definition) is 2. The van der Waals surface area contributed by atoms with Gasteiger partial charge in [0.15, 0.2) is 0 Å². The summed E-state index contributed by atoms with van der Waals surface area (Å²) in [5.74, 6) is 1.000. The third kappa shape index (κ3) is 4.98. The van der Waals surface area contributed by atoms with Gasteiger partial charge >= 0.3 is 0 Å². The fourth-order valence-electron chi connectivity index (χ4n) is 3.22. The maximum Gasteiger partial charge on any atom is 0.0522 e. The van der Waals surface area contributed by atoms with Crippen molar-refractivity contribution in [2.24, 2.45) is 13.0 Å². The average Bonchev–Trinajstić information content (AvgIpc) is 3.04. The van der Waals surface area contributed by atoms with Gasteiger partial charge in [-0.15, -0.1) is 0 Å². The molecule has 1 fully saturated rings. The van der Waals surface area contributed by atoms with E-state index in [2.05, 4.69) is 23.5 Å². The number of aryl methyl sites for hydroxylation is 1. The predicted molar refractivity (Wildman–Crippen MR) is 80.2 cm³/mol. The van der Waals surface area contributed by atoms with Gasteiger partial charge in [-0.25, -0.2) is 0 Å². The fraction of sp³-hybridized carbons (Fsp3) is 0.812. The van der Waals surface area contributed by atoms with Gasteiger partial charge in [-0.3, -0.25) is 4.68 Å². The van der Waals surface area contributed by atoms with Crippen LogP contribution in [0.3, 0.4) is 0 Å². The summed E-state index contributed by atoms with van der Waals surface area (Å²) in [7, 11) is 2.00. The van der Waals surface area contributed by atoms with Crippen LogP contribution in [0.2, 0.25) is 0 Å². The fourth-order valence-corrected chi connectivity index (χ4v) is 3.22. The Morgan fingerprint density at radius 1 is 1.42 bits per heavy atom. The zero-order chi connectivity index (χ0) is 13.5. The van der Waals surface area contributed by atoms with E-state index in [0.717, 1.165) is 18.9 Å². The number of nitrogens with one attached hydrogen (secondary N) is 1. The SMILES string of the molecule is CCCNC(CCC1CCCC1)Cc1cnn(C)c1. The van der Waals surface area contributed by atoms with Crippen molar-refractivity contribution in [2.45, 2.75) is 64.3 Å². The van der Waals surface area contributed by atoms with Crippen LogP contribution >= 0.6 is 0 Å². The van der Waals surface area contributed by atoms with Crippen molar-refractivity contribution in [3.05, 3.63) is 18.0 Å². The van der Waals surface area contributed by atoms with Crippen molar-refractivity contribution < 1.29 is 0 Å². The van der Waals surface area contributed by atoms with Gasteiger partial charge in [0.1, 0.15) is 0 Å². The Morgan fingerprint density at radius 3 is 2.84 bits per heavy atom. The molecule has 3 heteroatoms. The molecule has 1 N–H and O–H groups in total. The molecule has 2 rings (SSSR count). The number of hydrogen-bond donors (Lipinski definition) is 1. The van der Waals surface area contributed by atoms with Crippen molar-refractivity contribution >= 4 is 0 Å². The second-order valence-electron chi connectivity index (χ2n) is 6.11. The molecule has 1 aromatic heterocycles. The van der Waals surface area contributed by atoms with Crippen molar-refractivity contribution in [3.8, 4) is 0 Å². The van der Waals surface area contributed by atoms with Gasteiger partial charge in [0, 0.05) is 19.3 Å². The van der Waals surface area contributed by atoms with E-state index in [9.17, 15) is 0 Å². The van der Waals surface area contributed by atoms with E-state index in [1.807, 2.05) is 17.9 Å². The van der Waals surface area contributed by atoms with Gasteiger partial charge in [-0.2, -0.15) is 5.10 Å². The normalized spacial score (nSPS) is 18.0. The quantitative estimate of drug-likeness (QED) is 0.780. The highest BCUT2D eigenvalue weighted by Crippen LogP contribution is 2.29. The highest BCUT2D eigenvalue weighted by Gasteiger charge is 2.17. The largest absolute Gasteiger partial charge is 0.314 e. The molecule has 1 saturated carbocycles. The average molecular weight is 263 g/mol. The van der Waals surface area contributed by atoms with Crippen LogP contribution in [0.4, 0.5) is 0 Å². The molecule has 0 saturated heterocycles. The number of rotatable bonds is 8. The zero-order valence-electron chi connectivity index (χ0n) is 12.6. The second-order valence-corrected chi connectivity index (χ2v) is 6.11. The number of aromatic nitrogens is 2. The van der Waals surface area contributed by atoms with E-state index in [4.69, 9.17) is 0 Å². The lowest BCUT2D eigenvalue weighted by atomic mass is 9.96. The molecule has 0 bridgehead atoms. The Morgan fingerprint density at radius 2 is 2.21 bits per heavy atom. The molecule has 0 aliphatic heterocycles. The second kappa shape index (κ2) is 7.68. The summed E-state index contributed by atoms with van der Waals surface area (Å²) in [4.78, 5) is 0. The highest BCUT2D eigenvalue weighted by atomic mass is 15.2. The summed E-state index contributed by atoms with van der Waals surface area (Å²) in [5, 5.41) is 7.99. The maximum atomic E-state index is 4.28. The molecule has 0 amide bonds. The van der Waals surface area contributed by atoms with Crippen molar-refractivity contribution in [1.82, 2.24) is 15.1 Å². The summed E-state index contributed by atoms with van der Waals surface area (Å²) in [6, 6.07) is 0.629. The Kier molecular flexibility index (Phi) is 5.90. The van der Waals surface area contributed by atoms with E-state index in [0.29, 0.717) is 6.04 Å². The minimum absolute atomic E-state index is 0.629. The van der Waals surface area contributed by atoms with Gasteiger partial charge in [0.05, 0.1) is 6.20 Å². The summed E-state index contributed by atoms with van der Waals surface area (Å²) >= 11 is 0. The molecule has 0 spiro atoms. The molecule has 19 heavy (non-hydrogen) atoms. The van der Waals surface area contributed by atoms with Gasteiger partial charge < -0.3 is 5.32 Å². The Hall–Kier alpha value is -0.830. The molecule has 1 heterocycles. The topological polar surface area (TPSA) is 29.9 Å². The lowest BCUT2D eigenvalue weighted by Crippen LogP contribution is -2.32. The van der Waals surface area contributed by atoms with Crippen LogP contribution in [0.1, 0.15) is 57.4 Å². The zero-order valence-corrected chi connectivity index (χ0v) is 12.6. The van der Waals surface area contributed by atoms with E-state index >= 15 is 0 Å². The van der Waals surface area contributed by atoms with Gasteiger partial charge in [-0.1, -0.05) is 32.6 Å². The molecule has 0 aromatic carbocycles. The van der Waals surface area contributed by atoms with Crippen molar-refractivity contribution in [2.75, 3.05) is 6.54 Å². The molecule has 1 aliphatic rings. The van der Waals surface area contributed by atoms with Crippen molar-refractivity contribution in [3.63, 3.8) is 0 Å². The van der Waals surface area contributed by atoms with Crippen LogP contribution < -0.4 is 5.32 Å². The molecule has 1 unspecified atom stereocenters. The Labute approximate surface area is 117 Å². The van der Waals surface area contributed by atoms with E-state index < -0.39 is 0 Å². The van der Waals surface area contributed by atoms with Crippen LogP contribution in [-0.2, 0) is 13.5 Å². The summed E-state index contributed by atoms with van der Waals surface area (Å²) in [5.41, 5.74) is 1.36. The summed E-state index contributed by atoms with van der Waals surface area (Å²) < 4.78 is 1.91. The first-order valence-corrected chi connectivity index (χ1v) is 7.99. The molecule has 1 aliphatic carbocycles. The highest BCUT2D eigenvalue weighted by molar-refractivity contribution is 5.06.